The summed E-state index contributed by atoms with van der Waals surface area (Å²) in [5, 5.41) is 2.48. The lowest BCUT2D eigenvalue weighted by atomic mass is 10.00. The molecule has 0 bridgehead atoms. The van der Waals surface area contributed by atoms with Crippen molar-refractivity contribution in [3.8, 4) is 0 Å². The number of halogens is 3. The van der Waals surface area contributed by atoms with Crippen LogP contribution in [0.15, 0.2) is 54.6 Å². The number of hydrogen-bond acceptors (Lipinski definition) is 2. The number of carbonyl (C=O) groups excluding carboxylic acids is 1. The van der Waals surface area contributed by atoms with Crippen molar-refractivity contribution < 1.29 is 22.7 Å². The fraction of sp³-hybridized carbons (Fsp3) is 0.235. The maximum atomic E-state index is 12.7. The predicted molar refractivity (Wildman–Crippen MR) is 79.7 cm³/mol. The maximum absolute atomic E-state index is 12.7. The van der Waals surface area contributed by atoms with E-state index in [4.69, 9.17) is 4.74 Å². The average molecular weight is 323 g/mol. The number of benzene rings is 2. The van der Waals surface area contributed by atoms with Gasteiger partial charge in [0.05, 0.1) is 12.2 Å². The minimum Gasteiger partial charge on any atom is -0.367 e. The van der Waals surface area contributed by atoms with Crippen LogP contribution < -0.4 is 5.32 Å². The minimum atomic E-state index is -4.37. The van der Waals surface area contributed by atoms with Gasteiger partial charge in [-0.1, -0.05) is 42.5 Å². The molecule has 2 rings (SSSR count). The van der Waals surface area contributed by atoms with Crippen LogP contribution in [0, 0.1) is 0 Å². The van der Waals surface area contributed by atoms with Crippen molar-refractivity contribution in [3.05, 3.63) is 71.3 Å². The van der Waals surface area contributed by atoms with Gasteiger partial charge in [0, 0.05) is 6.54 Å². The van der Waals surface area contributed by atoms with E-state index in [2.05, 4.69) is 5.32 Å². The largest absolute Gasteiger partial charge is 0.416 e. The van der Waals surface area contributed by atoms with Gasteiger partial charge in [-0.3, -0.25) is 4.79 Å². The van der Waals surface area contributed by atoms with E-state index in [1.807, 2.05) is 30.3 Å². The van der Waals surface area contributed by atoms with Crippen LogP contribution in [0.2, 0.25) is 0 Å². The Hall–Kier alpha value is -2.34. The first-order valence-corrected chi connectivity index (χ1v) is 7.03. The fourth-order valence-electron chi connectivity index (χ4n) is 2.15. The van der Waals surface area contributed by atoms with Gasteiger partial charge in [-0.15, -0.1) is 0 Å². The average Bonchev–Trinajstić information content (AvgIpc) is 2.55. The molecule has 0 aromatic heterocycles. The van der Waals surface area contributed by atoms with Crippen LogP contribution in [0.25, 0.3) is 0 Å². The molecule has 3 nitrogen and oxygen atoms in total. The van der Waals surface area contributed by atoms with Crippen LogP contribution in [0.3, 0.4) is 0 Å². The highest BCUT2D eigenvalue weighted by molar-refractivity contribution is 5.45. The molecule has 0 heterocycles. The lowest BCUT2D eigenvalue weighted by molar-refractivity contribution is -0.137. The van der Waals surface area contributed by atoms with Gasteiger partial charge in [-0.05, 0) is 23.3 Å². The second kappa shape index (κ2) is 7.78. The second-order valence-corrected chi connectivity index (χ2v) is 4.85. The first kappa shape index (κ1) is 17.0. The zero-order valence-corrected chi connectivity index (χ0v) is 12.2. The molecule has 0 aliphatic heterocycles. The van der Waals surface area contributed by atoms with E-state index in [1.165, 1.54) is 12.1 Å². The van der Waals surface area contributed by atoms with Crippen molar-refractivity contribution in [1.82, 2.24) is 5.32 Å². The number of ether oxygens (including phenoxy) is 1. The van der Waals surface area contributed by atoms with Gasteiger partial charge in [-0.2, -0.15) is 13.2 Å². The van der Waals surface area contributed by atoms with Crippen molar-refractivity contribution in [2.75, 3.05) is 13.2 Å². The molecule has 1 N–H and O–H groups in total. The van der Waals surface area contributed by atoms with Gasteiger partial charge < -0.3 is 10.1 Å². The predicted octanol–water partition coefficient (Wildman–Crippen LogP) is 3.56. The number of carbonyl (C=O) groups is 1. The second-order valence-electron chi connectivity index (χ2n) is 4.85. The molecule has 0 spiro atoms. The lowest BCUT2D eigenvalue weighted by Crippen LogP contribution is -2.19. The molecule has 122 valence electrons. The Bertz CT molecular complexity index is 612. The van der Waals surface area contributed by atoms with E-state index in [0.29, 0.717) is 18.5 Å². The van der Waals surface area contributed by atoms with Gasteiger partial charge in [0.15, 0.2) is 0 Å². The Kier molecular flexibility index (Phi) is 5.76. The first-order chi connectivity index (χ1) is 11.0. The van der Waals surface area contributed by atoms with E-state index < -0.39 is 17.8 Å². The fourth-order valence-corrected chi connectivity index (χ4v) is 2.15. The molecule has 0 saturated heterocycles. The molecular weight excluding hydrogens is 307 g/mol. The molecule has 2 aromatic rings. The SMILES string of the molecule is O=CNCCOC(c1ccccc1)c1ccc(C(F)(F)F)cc1. The molecular formula is C17H16F3NO2. The van der Waals surface area contributed by atoms with Crippen molar-refractivity contribution in [1.29, 1.82) is 0 Å². The Morgan fingerprint density at radius 3 is 2.17 bits per heavy atom. The lowest BCUT2D eigenvalue weighted by Gasteiger charge is -2.19. The molecule has 6 heteroatoms. The standard InChI is InChI=1S/C17H16F3NO2/c18-17(19,20)15-8-6-14(7-9-15)16(23-11-10-21-12-22)13-4-2-1-3-5-13/h1-9,12,16H,10-11H2,(H,21,22). The van der Waals surface area contributed by atoms with Gasteiger partial charge in [-0.25, -0.2) is 0 Å². The van der Waals surface area contributed by atoms with Crippen molar-refractivity contribution in [2.45, 2.75) is 12.3 Å². The van der Waals surface area contributed by atoms with Crippen LogP contribution >= 0.6 is 0 Å². The zero-order valence-electron chi connectivity index (χ0n) is 12.2. The summed E-state index contributed by atoms with van der Waals surface area (Å²) >= 11 is 0. The molecule has 0 saturated carbocycles. The molecule has 0 fully saturated rings. The highest BCUT2D eigenvalue weighted by Gasteiger charge is 2.30. The first-order valence-electron chi connectivity index (χ1n) is 7.03. The summed E-state index contributed by atoms with van der Waals surface area (Å²) in [6, 6.07) is 14.1. The molecule has 23 heavy (non-hydrogen) atoms. The molecule has 0 radical (unpaired) electrons. The maximum Gasteiger partial charge on any atom is 0.416 e. The van der Waals surface area contributed by atoms with E-state index in [9.17, 15) is 18.0 Å². The van der Waals surface area contributed by atoms with Gasteiger partial charge in [0.25, 0.3) is 0 Å². The van der Waals surface area contributed by atoms with E-state index in [-0.39, 0.29) is 6.61 Å². The summed E-state index contributed by atoms with van der Waals surface area (Å²) in [4.78, 5) is 10.2. The van der Waals surface area contributed by atoms with Crippen molar-refractivity contribution in [3.63, 3.8) is 0 Å². The summed E-state index contributed by atoms with van der Waals surface area (Å²) in [6.07, 6.45) is -4.29. The highest BCUT2D eigenvalue weighted by atomic mass is 19.4. The quantitative estimate of drug-likeness (QED) is 0.625. The molecule has 1 unspecified atom stereocenters. The molecule has 1 amide bonds. The third kappa shape index (κ3) is 4.82. The van der Waals surface area contributed by atoms with Crippen LogP contribution in [0.1, 0.15) is 22.8 Å². The molecule has 1 atom stereocenters. The summed E-state index contributed by atoms with van der Waals surface area (Å²) in [5.41, 5.74) is 0.754. The summed E-state index contributed by atoms with van der Waals surface area (Å²) in [6.45, 7) is 0.576. The summed E-state index contributed by atoms with van der Waals surface area (Å²) in [5.74, 6) is 0. The third-order valence-corrected chi connectivity index (χ3v) is 3.26. The monoisotopic (exact) mass is 323 g/mol. The Labute approximate surface area is 132 Å². The molecule has 0 aliphatic carbocycles. The van der Waals surface area contributed by atoms with Crippen LogP contribution in [0.5, 0.6) is 0 Å². The number of rotatable bonds is 7. The van der Waals surface area contributed by atoms with Crippen molar-refractivity contribution in [2.24, 2.45) is 0 Å². The van der Waals surface area contributed by atoms with Crippen molar-refractivity contribution >= 4 is 6.41 Å². The van der Waals surface area contributed by atoms with E-state index >= 15 is 0 Å². The smallest absolute Gasteiger partial charge is 0.367 e. The molecule has 0 aliphatic rings. The minimum absolute atomic E-state index is 0.249. The highest BCUT2D eigenvalue weighted by Crippen LogP contribution is 2.32. The van der Waals surface area contributed by atoms with Crippen LogP contribution in [-0.2, 0) is 15.7 Å². The number of alkyl halides is 3. The van der Waals surface area contributed by atoms with Gasteiger partial charge in [0.2, 0.25) is 6.41 Å². The van der Waals surface area contributed by atoms with Crippen LogP contribution in [-0.4, -0.2) is 19.6 Å². The topological polar surface area (TPSA) is 38.3 Å². The van der Waals surface area contributed by atoms with Crippen LogP contribution in [0.4, 0.5) is 13.2 Å². The number of amides is 1. The summed E-state index contributed by atoms with van der Waals surface area (Å²) in [7, 11) is 0. The third-order valence-electron chi connectivity index (χ3n) is 3.26. The Morgan fingerprint density at radius 2 is 1.61 bits per heavy atom. The molecule has 2 aromatic carbocycles. The number of nitrogens with one attached hydrogen (secondary N) is 1. The van der Waals surface area contributed by atoms with Gasteiger partial charge >= 0.3 is 6.18 Å². The Balaban J connectivity index is 2.21. The normalized spacial score (nSPS) is 12.7. The zero-order chi connectivity index (χ0) is 16.7. The number of hydrogen-bond donors (Lipinski definition) is 1. The van der Waals surface area contributed by atoms with E-state index in [1.54, 1.807) is 0 Å². The Morgan fingerprint density at radius 1 is 1.00 bits per heavy atom. The van der Waals surface area contributed by atoms with Gasteiger partial charge in [0.1, 0.15) is 6.10 Å². The summed E-state index contributed by atoms with van der Waals surface area (Å²) < 4.78 is 43.7. The van der Waals surface area contributed by atoms with E-state index in [0.717, 1.165) is 17.7 Å².